The third-order valence-electron chi connectivity index (χ3n) is 5.79. The Balaban J connectivity index is 1.78. The Morgan fingerprint density at radius 1 is 1.15 bits per heavy atom. The molecule has 3 aliphatic rings. The number of dihydropyridines is 1. The SMILES string of the molecule is CC1=C(C(=O)OC2CCCC2)[C@@H](c2ccccc2I)C2=C(CCCC2=O)N1. The van der Waals surface area contributed by atoms with E-state index in [2.05, 4.69) is 27.9 Å². The first kappa shape index (κ1) is 18.7. The summed E-state index contributed by atoms with van der Waals surface area (Å²) >= 11 is 2.29. The summed E-state index contributed by atoms with van der Waals surface area (Å²) < 4.78 is 6.92. The molecule has 27 heavy (non-hydrogen) atoms. The Bertz CT molecular complexity index is 849. The molecule has 1 saturated carbocycles. The number of ketones is 1. The first-order valence-corrected chi connectivity index (χ1v) is 10.8. The number of rotatable bonds is 3. The van der Waals surface area contributed by atoms with Crippen LogP contribution in [0, 0.1) is 3.57 Å². The fourth-order valence-electron chi connectivity index (χ4n) is 4.50. The molecule has 1 atom stereocenters. The van der Waals surface area contributed by atoms with Crippen LogP contribution in [-0.2, 0) is 14.3 Å². The van der Waals surface area contributed by atoms with Crippen molar-refractivity contribution in [2.45, 2.75) is 63.9 Å². The van der Waals surface area contributed by atoms with E-state index in [0.29, 0.717) is 12.0 Å². The van der Waals surface area contributed by atoms with E-state index in [9.17, 15) is 9.59 Å². The monoisotopic (exact) mass is 477 g/mol. The fraction of sp³-hybridized carbons (Fsp3) is 0.455. The molecule has 1 fully saturated rings. The molecular weight excluding hydrogens is 453 g/mol. The van der Waals surface area contributed by atoms with E-state index in [-0.39, 0.29) is 23.8 Å². The normalized spacial score (nSPS) is 23.3. The molecule has 0 saturated heterocycles. The third kappa shape index (κ3) is 3.58. The second-order valence-electron chi connectivity index (χ2n) is 7.60. The van der Waals surface area contributed by atoms with E-state index in [1.54, 1.807) is 0 Å². The molecule has 142 valence electrons. The number of halogens is 1. The van der Waals surface area contributed by atoms with Crippen molar-refractivity contribution in [1.82, 2.24) is 5.32 Å². The van der Waals surface area contributed by atoms with Crippen molar-refractivity contribution in [3.8, 4) is 0 Å². The van der Waals surface area contributed by atoms with Gasteiger partial charge in [0.1, 0.15) is 6.10 Å². The van der Waals surface area contributed by atoms with Gasteiger partial charge >= 0.3 is 5.97 Å². The van der Waals surface area contributed by atoms with Crippen molar-refractivity contribution < 1.29 is 14.3 Å². The average Bonchev–Trinajstić information content (AvgIpc) is 3.14. The highest BCUT2D eigenvalue weighted by Gasteiger charge is 2.40. The lowest BCUT2D eigenvalue weighted by Crippen LogP contribution is -2.35. The van der Waals surface area contributed by atoms with E-state index < -0.39 is 0 Å². The van der Waals surface area contributed by atoms with Crippen LogP contribution in [0.4, 0.5) is 0 Å². The molecule has 1 aliphatic heterocycles. The maximum absolute atomic E-state index is 13.2. The standard InChI is InChI=1S/C22H24INO3/c1-13-19(22(26)27-14-7-2-3-8-14)20(15-9-4-5-10-16(15)23)21-17(24-13)11-6-12-18(21)25/h4-5,9-10,14,20,24H,2-3,6-8,11-12H2,1H3/t20-/m1/s1. The van der Waals surface area contributed by atoms with E-state index in [1.165, 1.54) is 0 Å². The molecule has 0 radical (unpaired) electrons. The Morgan fingerprint density at radius 2 is 1.89 bits per heavy atom. The minimum absolute atomic E-state index is 0.00530. The van der Waals surface area contributed by atoms with Crippen LogP contribution in [0.3, 0.4) is 0 Å². The largest absolute Gasteiger partial charge is 0.459 e. The van der Waals surface area contributed by atoms with Crippen molar-refractivity contribution in [1.29, 1.82) is 0 Å². The quantitative estimate of drug-likeness (QED) is 0.505. The molecule has 1 N–H and O–H groups in total. The third-order valence-corrected chi connectivity index (χ3v) is 6.77. The number of Topliss-reactive ketones (excluding diaryl/α,β-unsaturated/α-hetero) is 1. The van der Waals surface area contributed by atoms with Crippen LogP contribution >= 0.6 is 22.6 Å². The lowest BCUT2D eigenvalue weighted by atomic mass is 9.75. The number of allylic oxidation sites excluding steroid dienone is 3. The number of hydrogen-bond acceptors (Lipinski definition) is 4. The lowest BCUT2D eigenvalue weighted by molar-refractivity contribution is -0.144. The summed E-state index contributed by atoms with van der Waals surface area (Å²) in [4.78, 5) is 26.1. The molecule has 0 amide bonds. The molecule has 0 aromatic heterocycles. The Kier molecular flexibility index (Phi) is 5.39. The highest BCUT2D eigenvalue weighted by Crippen LogP contribution is 2.44. The number of benzene rings is 1. The smallest absolute Gasteiger partial charge is 0.337 e. The van der Waals surface area contributed by atoms with Gasteiger partial charge in [-0.15, -0.1) is 0 Å². The number of nitrogens with one attached hydrogen (secondary N) is 1. The van der Waals surface area contributed by atoms with Gasteiger partial charge in [-0.3, -0.25) is 4.79 Å². The lowest BCUT2D eigenvalue weighted by Gasteiger charge is -2.34. The number of carbonyl (C=O) groups excluding carboxylic acids is 2. The number of ether oxygens (including phenoxy) is 1. The molecule has 5 heteroatoms. The molecule has 4 rings (SSSR count). The van der Waals surface area contributed by atoms with Gasteiger partial charge in [-0.2, -0.15) is 0 Å². The first-order valence-electron chi connectivity index (χ1n) is 9.75. The van der Waals surface area contributed by atoms with E-state index in [0.717, 1.165) is 64.6 Å². The van der Waals surface area contributed by atoms with Gasteiger partial charge in [0.25, 0.3) is 0 Å². The zero-order chi connectivity index (χ0) is 19.0. The van der Waals surface area contributed by atoms with Gasteiger partial charge in [-0.1, -0.05) is 18.2 Å². The summed E-state index contributed by atoms with van der Waals surface area (Å²) in [6.45, 7) is 1.93. The number of carbonyl (C=O) groups is 2. The van der Waals surface area contributed by atoms with Crippen molar-refractivity contribution >= 4 is 34.3 Å². The maximum atomic E-state index is 13.2. The van der Waals surface area contributed by atoms with Crippen LogP contribution in [0.1, 0.15) is 63.4 Å². The van der Waals surface area contributed by atoms with Gasteiger partial charge in [-0.05, 0) is 79.7 Å². The number of hydrogen-bond donors (Lipinski definition) is 1. The zero-order valence-electron chi connectivity index (χ0n) is 15.5. The zero-order valence-corrected chi connectivity index (χ0v) is 17.7. The summed E-state index contributed by atoms with van der Waals surface area (Å²) in [6.07, 6.45) is 6.36. The van der Waals surface area contributed by atoms with Gasteiger partial charge in [0.05, 0.1) is 5.57 Å². The van der Waals surface area contributed by atoms with Crippen LogP contribution in [0.25, 0.3) is 0 Å². The molecular formula is C22H24INO3. The van der Waals surface area contributed by atoms with Crippen LogP contribution in [-0.4, -0.2) is 17.9 Å². The summed E-state index contributed by atoms with van der Waals surface area (Å²) in [5.41, 5.74) is 4.16. The summed E-state index contributed by atoms with van der Waals surface area (Å²) in [5, 5.41) is 3.36. The second-order valence-corrected chi connectivity index (χ2v) is 8.76. The van der Waals surface area contributed by atoms with Gasteiger partial charge in [-0.25, -0.2) is 4.79 Å². The van der Waals surface area contributed by atoms with Gasteiger partial charge < -0.3 is 10.1 Å². The molecule has 0 bridgehead atoms. The molecule has 0 spiro atoms. The number of esters is 1. The summed E-state index contributed by atoms with van der Waals surface area (Å²) in [6, 6.07) is 8.01. The molecule has 2 aliphatic carbocycles. The first-order chi connectivity index (χ1) is 13.1. The van der Waals surface area contributed by atoms with Gasteiger partial charge in [0.15, 0.2) is 5.78 Å². The van der Waals surface area contributed by atoms with Crippen LogP contribution in [0.5, 0.6) is 0 Å². The van der Waals surface area contributed by atoms with E-state index in [1.807, 2.05) is 31.2 Å². The average molecular weight is 477 g/mol. The minimum Gasteiger partial charge on any atom is -0.459 e. The highest BCUT2D eigenvalue weighted by molar-refractivity contribution is 14.1. The molecule has 4 nitrogen and oxygen atoms in total. The fourth-order valence-corrected chi connectivity index (χ4v) is 5.19. The summed E-state index contributed by atoms with van der Waals surface area (Å²) in [7, 11) is 0. The molecule has 1 aromatic carbocycles. The van der Waals surface area contributed by atoms with Gasteiger partial charge in [0.2, 0.25) is 0 Å². The predicted molar refractivity (Wildman–Crippen MR) is 112 cm³/mol. The van der Waals surface area contributed by atoms with Crippen molar-refractivity contribution in [2.75, 3.05) is 0 Å². The van der Waals surface area contributed by atoms with Crippen LogP contribution < -0.4 is 5.32 Å². The van der Waals surface area contributed by atoms with Crippen molar-refractivity contribution in [3.63, 3.8) is 0 Å². The minimum atomic E-state index is -0.337. The van der Waals surface area contributed by atoms with Crippen LogP contribution in [0.2, 0.25) is 0 Å². The Morgan fingerprint density at radius 3 is 2.63 bits per heavy atom. The van der Waals surface area contributed by atoms with Crippen molar-refractivity contribution in [2.24, 2.45) is 0 Å². The Labute approximate surface area is 173 Å². The highest BCUT2D eigenvalue weighted by atomic mass is 127. The maximum Gasteiger partial charge on any atom is 0.337 e. The topological polar surface area (TPSA) is 55.4 Å². The molecule has 1 heterocycles. The van der Waals surface area contributed by atoms with E-state index >= 15 is 0 Å². The van der Waals surface area contributed by atoms with Crippen LogP contribution in [0.15, 0.2) is 46.8 Å². The Hall–Kier alpha value is -1.63. The summed E-state index contributed by atoms with van der Waals surface area (Å²) in [5.74, 6) is -0.468. The van der Waals surface area contributed by atoms with Crippen molar-refractivity contribution in [3.05, 3.63) is 55.9 Å². The molecule has 1 aromatic rings. The predicted octanol–water partition coefficient (Wildman–Crippen LogP) is 4.74. The van der Waals surface area contributed by atoms with Gasteiger partial charge in [0, 0.05) is 32.9 Å². The van der Waals surface area contributed by atoms with E-state index in [4.69, 9.17) is 4.74 Å². The second kappa shape index (κ2) is 7.78. The molecule has 0 unspecified atom stereocenters.